The number of hydrogen-bond donors (Lipinski definition) is 1. The van der Waals surface area contributed by atoms with Crippen LogP contribution in [0.5, 0.6) is 0 Å². The number of benzene rings is 1. The average molecular weight is 293 g/mol. The quantitative estimate of drug-likeness (QED) is 0.941. The Labute approximate surface area is 121 Å². The zero-order chi connectivity index (χ0) is 15.6. The van der Waals surface area contributed by atoms with E-state index < -0.39 is 11.6 Å². The Kier molecular flexibility index (Phi) is 4.47. The fraction of sp³-hybridized carbons (Fsp3) is 0.333. The molecule has 0 atom stereocenters. The van der Waals surface area contributed by atoms with Crippen molar-refractivity contribution in [2.45, 2.75) is 33.4 Å². The van der Waals surface area contributed by atoms with Crippen LogP contribution in [0.1, 0.15) is 25.2 Å². The van der Waals surface area contributed by atoms with Gasteiger partial charge in [-0.05, 0) is 19.1 Å². The van der Waals surface area contributed by atoms with E-state index in [1.807, 2.05) is 13.8 Å². The van der Waals surface area contributed by atoms with Gasteiger partial charge in [-0.2, -0.15) is 5.10 Å². The number of nitrogens with zero attached hydrogens (tertiary/aromatic N) is 2. The molecular formula is C15H17F2N3O. The van der Waals surface area contributed by atoms with Gasteiger partial charge in [0.1, 0.15) is 11.4 Å². The van der Waals surface area contributed by atoms with Crippen molar-refractivity contribution in [1.82, 2.24) is 15.1 Å². The first-order chi connectivity index (χ1) is 9.90. The lowest BCUT2D eigenvalue weighted by molar-refractivity contribution is 0.539. The lowest BCUT2D eigenvalue weighted by Crippen LogP contribution is -2.28. The molecule has 0 aliphatic carbocycles. The van der Waals surface area contributed by atoms with Crippen molar-refractivity contribution in [2.75, 3.05) is 0 Å². The summed E-state index contributed by atoms with van der Waals surface area (Å²) in [4.78, 5) is 11.9. The molecule has 21 heavy (non-hydrogen) atoms. The van der Waals surface area contributed by atoms with Crippen molar-refractivity contribution in [3.63, 3.8) is 0 Å². The van der Waals surface area contributed by atoms with Crippen molar-refractivity contribution in [3.05, 3.63) is 57.5 Å². The first-order valence-corrected chi connectivity index (χ1v) is 6.67. The first-order valence-electron chi connectivity index (χ1n) is 6.67. The molecule has 0 saturated heterocycles. The molecule has 4 nitrogen and oxygen atoms in total. The summed E-state index contributed by atoms with van der Waals surface area (Å²) in [6, 6.07) is 5.10. The summed E-state index contributed by atoms with van der Waals surface area (Å²) in [6.07, 6.45) is 0. The standard InChI is InChI=1S/C15H17F2N3O/c1-9(2)18-8-13-14(21)7-10(3)20(19-13)15-11(16)5-4-6-12(15)17/h4-7,9,18H,8H2,1-3H3. The minimum atomic E-state index is -0.725. The van der Waals surface area contributed by atoms with E-state index in [1.165, 1.54) is 12.1 Å². The van der Waals surface area contributed by atoms with Crippen LogP contribution in [0.4, 0.5) is 8.78 Å². The summed E-state index contributed by atoms with van der Waals surface area (Å²) in [6.45, 7) is 5.69. The third-order valence-corrected chi connectivity index (χ3v) is 3.01. The molecule has 1 heterocycles. The normalized spacial score (nSPS) is 11.1. The predicted molar refractivity (Wildman–Crippen MR) is 76.5 cm³/mol. The Morgan fingerprint density at radius 3 is 2.48 bits per heavy atom. The molecule has 0 bridgehead atoms. The van der Waals surface area contributed by atoms with E-state index in [4.69, 9.17) is 0 Å². The van der Waals surface area contributed by atoms with Crippen LogP contribution in [-0.4, -0.2) is 15.8 Å². The topological polar surface area (TPSA) is 46.9 Å². The van der Waals surface area contributed by atoms with E-state index in [9.17, 15) is 13.6 Å². The highest BCUT2D eigenvalue weighted by Gasteiger charge is 2.15. The Hall–Kier alpha value is -2.08. The maximum absolute atomic E-state index is 13.9. The largest absolute Gasteiger partial charge is 0.309 e. The Morgan fingerprint density at radius 2 is 1.90 bits per heavy atom. The third kappa shape index (κ3) is 3.33. The van der Waals surface area contributed by atoms with E-state index in [1.54, 1.807) is 6.92 Å². The molecule has 1 N–H and O–H groups in total. The molecule has 0 aliphatic heterocycles. The minimum Gasteiger partial charge on any atom is -0.309 e. The number of para-hydroxylation sites is 1. The predicted octanol–water partition coefficient (Wildman–Crippen LogP) is 2.32. The molecule has 0 spiro atoms. The Balaban J connectivity index is 2.54. The lowest BCUT2D eigenvalue weighted by Gasteiger charge is -2.13. The second-order valence-electron chi connectivity index (χ2n) is 5.11. The van der Waals surface area contributed by atoms with Crippen LogP contribution < -0.4 is 10.7 Å². The molecule has 2 aromatic rings. The van der Waals surface area contributed by atoms with Crippen LogP contribution in [0, 0.1) is 18.6 Å². The van der Waals surface area contributed by atoms with Crippen LogP contribution in [-0.2, 0) is 6.54 Å². The summed E-state index contributed by atoms with van der Waals surface area (Å²) in [7, 11) is 0. The van der Waals surface area contributed by atoms with Gasteiger partial charge in [-0.25, -0.2) is 13.5 Å². The van der Waals surface area contributed by atoms with Gasteiger partial charge in [0.15, 0.2) is 11.6 Å². The molecule has 0 amide bonds. The molecular weight excluding hydrogens is 276 g/mol. The third-order valence-electron chi connectivity index (χ3n) is 3.01. The fourth-order valence-corrected chi connectivity index (χ4v) is 1.92. The van der Waals surface area contributed by atoms with Crippen LogP contribution in [0.2, 0.25) is 0 Å². The number of nitrogens with one attached hydrogen (secondary N) is 1. The van der Waals surface area contributed by atoms with Crippen molar-refractivity contribution < 1.29 is 8.78 Å². The average Bonchev–Trinajstić information content (AvgIpc) is 2.39. The molecule has 0 aliphatic rings. The highest BCUT2D eigenvalue weighted by atomic mass is 19.1. The molecule has 0 radical (unpaired) electrons. The van der Waals surface area contributed by atoms with Crippen molar-refractivity contribution >= 4 is 0 Å². The molecule has 6 heteroatoms. The van der Waals surface area contributed by atoms with Gasteiger partial charge in [-0.1, -0.05) is 19.9 Å². The van der Waals surface area contributed by atoms with Crippen molar-refractivity contribution in [3.8, 4) is 5.69 Å². The molecule has 1 aromatic carbocycles. The van der Waals surface area contributed by atoms with Gasteiger partial charge in [-0.3, -0.25) is 4.79 Å². The van der Waals surface area contributed by atoms with Crippen molar-refractivity contribution in [1.29, 1.82) is 0 Å². The summed E-state index contributed by atoms with van der Waals surface area (Å²) < 4.78 is 28.9. The highest BCUT2D eigenvalue weighted by molar-refractivity contribution is 5.36. The molecule has 1 aromatic heterocycles. The van der Waals surface area contributed by atoms with E-state index >= 15 is 0 Å². The van der Waals surface area contributed by atoms with Crippen LogP contribution in [0.15, 0.2) is 29.1 Å². The first kappa shape index (κ1) is 15.3. The van der Waals surface area contributed by atoms with E-state index in [0.717, 1.165) is 16.8 Å². The van der Waals surface area contributed by atoms with E-state index in [2.05, 4.69) is 10.4 Å². The summed E-state index contributed by atoms with van der Waals surface area (Å²) >= 11 is 0. The SMILES string of the molecule is Cc1cc(=O)c(CNC(C)C)nn1-c1c(F)cccc1F. The fourth-order valence-electron chi connectivity index (χ4n) is 1.92. The zero-order valence-corrected chi connectivity index (χ0v) is 12.2. The number of hydrogen-bond acceptors (Lipinski definition) is 3. The summed E-state index contributed by atoms with van der Waals surface area (Å²) in [5.74, 6) is -1.45. The second kappa shape index (κ2) is 6.13. The molecule has 0 saturated carbocycles. The number of halogens is 2. The molecule has 0 fully saturated rings. The van der Waals surface area contributed by atoms with Gasteiger partial charge >= 0.3 is 0 Å². The van der Waals surface area contributed by atoms with Crippen LogP contribution in [0.3, 0.4) is 0 Å². The molecule has 112 valence electrons. The molecule has 0 unspecified atom stereocenters. The maximum Gasteiger partial charge on any atom is 0.204 e. The minimum absolute atomic E-state index is 0.172. The summed E-state index contributed by atoms with van der Waals surface area (Å²) in [5.41, 5.74) is 0.0590. The monoisotopic (exact) mass is 293 g/mol. The number of aromatic nitrogens is 2. The zero-order valence-electron chi connectivity index (χ0n) is 12.2. The summed E-state index contributed by atoms with van der Waals surface area (Å²) in [5, 5.41) is 7.16. The van der Waals surface area contributed by atoms with E-state index in [-0.39, 0.29) is 29.4 Å². The van der Waals surface area contributed by atoms with E-state index in [0.29, 0.717) is 5.69 Å². The van der Waals surface area contributed by atoms with Gasteiger partial charge in [0.2, 0.25) is 5.43 Å². The smallest absolute Gasteiger partial charge is 0.204 e. The number of aryl methyl sites for hydroxylation is 1. The van der Waals surface area contributed by atoms with Crippen molar-refractivity contribution in [2.24, 2.45) is 0 Å². The van der Waals surface area contributed by atoms with Gasteiger partial charge in [0.25, 0.3) is 0 Å². The Bertz CT molecular complexity index is 690. The Morgan fingerprint density at radius 1 is 1.29 bits per heavy atom. The molecule has 2 rings (SSSR count). The second-order valence-corrected chi connectivity index (χ2v) is 5.11. The van der Waals surface area contributed by atoms with Crippen LogP contribution >= 0.6 is 0 Å². The maximum atomic E-state index is 13.9. The lowest BCUT2D eigenvalue weighted by atomic mass is 10.2. The van der Waals surface area contributed by atoms with Gasteiger partial charge in [-0.15, -0.1) is 0 Å². The van der Waals surface area contributed by atoms with Crippen LogP contribution in [0.25, 0.3) is 5.69 Å². The van der Waals surface area contributed by atoms with Gasteiger partial charge in [0, 0.05) is 24.3 Å². The number of rotatable bonds is 4. The van der Waals surface area contributed by atoms with Gasteiger partial charge in [0.05, 0.1) is 0 Å². The highest BCUT2D eigenvalue weighted by Crippen LogP contribution is 2.17. The van der Waals surface area contributed by atoms with Gasteiger partial charge < -0.3 is 5.32 Å².